The average Bonchev–Trinajstić information content (AvgIpc) is 2.42. The van der Waals surface area contributed by atoms with Gasteiger partial charge < -0.3 is 4.90 Å². The summed E-state index contributed by atoms with van der Waals surface area (Å²) in [6.07, 6.45) is 1.13. The average molecular weight is 309 g/mol. The molecule has 5 heteroatoms. The first-order valence-electron chi connectivity index (χ1n) is 5.42. The Morgan fingerprint density at radius 3 is 2.62 bits per heavy atom. The minimum absolute atomic E-state index is 0.556. The molecule has 0 saturated heterocycles. The fourth-order valence-electron chi connectivity index (χ4n) is 1.60. The lowest BCUT2D eigenvalue weighted by atomic mass is 10.2. The fourth-order valence-corrected chi connectivity index (χ4v) is 2.04. The van der Waals surface area contributed by atoms with Gasteiger partial charge in [0.1, 0.15) is 5.15 Å². The highest BCUT2D eigenvalue weighted by Gasteiger charge is 2.13. The lowest BCUT2D eigenvalue weighted by Crippen LogP contribution is -2.21. The molecule has 0 N–H and O–H groups in total. The zero-order valence-electron chi connectivity index (χ0n) is 10.3. The van der Waals surface area contributed by atoms with Crippen LogP contribution in [-0.2, 0) is 13.6 Å². The van der Waals surface area contributed by atoms with Gasteiger partial charge in [-0.2, -0.15) is 5.10 Å². The van der Waals surface area contributed by atoms with Gasteiger partial charge in [0.25, 0.3) is 0 Å². The molecule has 92 valence electrons. The number of rotatable bonds is 5. The van der Waals surface area contributed by atoms with Gasteiger partial charge in [0.15, 0.2) is 0 Å². The Morgan fingerprint density at radius 2 is 2.19 bits per heavy atom. The highest BCUT2D eigenvalue weighted by molar-refractivity contribution is 9.09. The Bertz CT molecular complexity index is 349. The summed E-state index contributed by atoms with van der Waals surface area (Å²) < 4.78 is 1.73. The van der Waals surface area contributed by atoms with Crippen molar-refractivity contribution in [3.8, 4) is 0 Å². The van der Waals surface area contributed by atoms with Crippen molar-refractivity contribution >= 4 is 27.5 Å². The smallest absolute Gasteiger partial charge is 0.131 e. The zero-order chi connectivity index (χ0) is 12.3. The normalized spacial score (nSPS) is 13.4. The van der Waals surface area contributed by atoms with Crippen LogP contribution in [0.4, 0.5) is 0 Å². The highest BCUT2D eigenvalue weighted by Crippen LogP contribution is 2.20. The van der Waals surface area contributed by atoms with Gasteiger partial charge in [-0.15, -0.1) is 0 Å². The van der Waals surface area contributed by atoms with Gasteiger partial charge in [0, 0.05) is 24.0 Å². The van der Waals surface area contributed by atoms with E-state index in [1.165, 1.54) is 0 Å². The van der Waals surface area contributed by atoms with E-state index < -0.39 is 0 Å². The molecule has 16 heavy (non-hydrogen) atoms. The maximum Gasteiger partial charge on any atom is 0.131 e. The maximum atomic E-state index is 6.19. The standard InChI is InChI=1S/C11H19BrClN3/c1-8(12)5-6-15(3)7-10-9(2)14-16(4)11(10)13/h8H,5-7H2,1-4H3. The summed E-state index contributed by atoms with van der Waals surface area (Å²) in [5.41, 5.74) is 2.15. The lowest BCUT2D eigenvalue weighted by molar-refractivity contribution is 0.322. The van der Waals surface area contributed by atoms with Crippen molar-refractivity contribution in [1.29, 1.82) is 0 Å². The third-order valence-electron chi connectivity index (χ3n) is 2.61. The first-order chi connectivity index (χ1) is 7.41. The van der Waals surface area contributed by atoms with Crippen LogP contribution in [0, 0.1) is 6.92 Å². The largest absolute Gasteiger partial charge is 0.302 e. The summed E-state index contributed by atoms with van der Waals surface area (Å²) in [6, 6.07) is 0. The lowest BCUT2D eigenvalue weighted by Gasteiger charge is -2.17. The summed E-state index contributed by atoms with van der Waals surface area (Å²) in [5, 5.41) is 5.05. The number of alkyl halides is 1. The first-order valence-corrected chi connectivity index (χ1v) is 6.71. The molecule has 3 nitrogen and oxygen atoms in total. The van der Waals surface area contributed by atoms with Crippen molar-refractivity contribution in [2.75, 3.05) is 13.6 Å². The summed E-state index contributed by atoms with van der Waals surface area (Å²) in [5.74, 6) is 0. The molecule has 0 spiro atoms. The fraction of sp³-hybridized carbons (Fsp3) is 0.727. The quantitative estimate of drug-likeness (QED) is 0.780. The van der Waals surface area contributed by atoms with Crippen molar-refractivity contribution in [3.05, 3.63) is 16.4 Å². The van der Waals surface area contributed by atoms with E-state index in [-0.39, 0.29) is 0 Å². The minimum atomic E-state index is 0.556. The second kappa shape index (κ2) is 6.03. The number of aryl methyl sites for hydroxylation is 2. The van der Waals surface area contributed by atoms with Crippen LogP contribution in [0.1, 0.15) is 24.6 Å². The summed E-state index contributed by atoms with van der Waals surface area (Å²) in [7, 11) is 3.98. The minimum Gasteiger partial charge on any atom is -0.302 e. The molecular weight excluding hydrogens is 289 g/mol. The van der Waals surface area contributed by atoms with Gasteiger partial charge in [-0.3, -0.25) is 4.68 Å². The molecule has 0 fully saturated rings. The van der Waals surface area contributed by atoms with Crippen LogP contribution in [0.5, 0.6) is 0 Å². The third-order valence-corrected chi connectivity index (χ3v) is 3.54. The molecule has 0 aliphatic carbocycles. The number of halogens is 2. The number of hydrogen-bond acceptors (Lipinski definition) is 2. The first kappa shape index (κ1) is 14.0. The van der Waals surface area contributed by atoms with Gasteiger partial charge in [0.2, 0.25) is 0 Å². The Balaban J connectivity index is 2.59. The van der Waals surface area contributed by atoms with E-state index in [1.54, 1.807) is 4.68 Å². The summed E-state index contributed by atoms with van der Waals surface area (Å²) in [6.45, 7) is 6.08. The molecule has 1 aromatic rings. The summed E-state index contributed by atoms with van der Waals surface area (Å²) in [4.78, 5) is 2.83. The number of hydrogen-bond donors (Lipinski definition) is 0. The van der Waals surface area contributed by atoms with Crippen LogP contribution in [0.15, 0.2) is 0 Å². The van der Waals surface area contributed by atoms with Crippen molar-refractivity contribution in [1.82, 2.24) is 14.7 Å². The van der Waals surface area contributed by atoms with Crippen molar-refractivity contribution < 1.29 is 0 Å². The van der Waals surface area contributed by atoms with Crippen LogP contribution in [-0.4, -0.2) is 33.1 Å². The topological polar surface area (TPSA) is 21.1 Å². The highest BCUT2D eigenvalue weighted by atomic mass is 79.9. The molecule has 1 atom stereocenters. The zero-order valence-corrected chi connectivity index (χ0v) is 12.6. The van der Waals surface area contributed by atoms with Crippen molar-refractivity contribution in [2.45, 2.75) is 31.6 Å². The molecule has 1 unspecified atom stereocenters. The van der Waals surface area contributed by atoms with E-state index in [4.69, 9.17) is 11.6 Å². The molecule has 0 aliphatic heterocycles. The molecule has 1 aromatic heterocycles. The van der Waals surface area contributed by atoms with Gasteiger partial charge in [-0.25, -0.2) is 0 Å². The molecule has 0 bridgehead atoms. The van der Waals surface area contributed by atoms with Gasteiger partial charge in [-0.1, -0.05) is 34.5 Å². The van der Waals surface area contributed by atoms with Crippen LogP contribution < -0.4 is 0 Å². The molecule has 0 radical (unpaired) electrons. The van der Waals surface area contributed by atoms with Crippen LogP contribution >= 0.6 is 27.5 Å². The van der Waals surface area contributed by atoms with Crippen LogP contribution in [0.25, 0.3) is 0 Å². The van der Waals surface area contributed by atoms with E-state index in [0.717, 1.165) is 35.9 Å². The molecule has 0 aromatic carbocycles. The van der Waals surface area contributed by atoms with Crippen molar-refractivity contribution in [3.63, 3.8) is 0 Å². The van der Waals surface area contributed by atoms with Gasteiger partial charge >= 0.3 is 0 Å². The van der Waals surface area contributed by atoms with E-state index in [0.29, 0.717) is 4.83 Å². The second-order valence-corrected chi connectivity index (χ2v) is 6.21. The van der Waals surface area contributed by atoms with Gasteiger partial charge in [0.05, 0.1) is 5.69 Å². The van der Waals surface area contributed by atoms with Gasteiger partial charge in [-0.05, 0) is 26.9 Å². The predicted octanol–water partition coefficient (Wildman–Crippen LogP) is 2.99. The molecule has 1 rings (SSSR count). The van der Waals surface area contributed by atoms with E-state index in [1.807, 2.05) is 14.0 Å². The molecule has 0 amide bonds. The van der Waals surface area contributed by atoms with E-state index in [9.17, 15) is 0 Å². The van der Waals surface area contributed by atoms with Crippen molar-refractivity contribution in [2.24, 2.45) is 7.05 Å². The molecule has 0 aliphatic rings. The third kappa shape index (κ3) is 3.75. The Morgan fingerprint density at radius 1 is 1.56 bits per heavy atom. The van der Waals surface area contributed by atoms with E-state index >= 15 is 0 Å². The monoisotopic (exact) mass is 307 g/mol. The Hall–Kier alpha value is -0.0600. The van der Waals surface area contributed by atoms with Crippen LogP contribution in [0.2, 0.25) is 5.15 Å². The molecule has 0 saturated carbocycles. The number of nitrogens with zero attached hydrogens (tertiary/aromatic N) is 3. The summed E-state index contributed by atoms with van der Waals surface area (Å²) >= 11 is 9.74. The molecule has 1 heterocycles. The Labute approximate surface area is 111 Å². The Kier molecular flexibility index (Phi) is 5.28. The maximum absolute atomic E-state index is 6.19. The van der Waals surface area contributed by atoms with Crippen LogP contribution in [0.3, 0.4) is 0 Å². The van der Waals surface area contributed by atoms with E-state index in [2.05, 4.69) is 39.9 Å². The predicted molar refractivity (Wildman–Crippen MR) is 72.3 cm³/mol. The number of aromatic nitrogens is 2. The second-order valence-electron chi connectivity index (χ2n) is 4.29. The SMILES string of the molecule is Cc1nn(C)c(Cl)c1CN(C)CCC(C)Br. The molecular formula is C11H19BrClN3.